The quantitative estimate of drug-likeness (QED) is 0.433. The molecule has 1 saturated carbocycles. The lowest BCUT2D eigenvalue weighted by Gasteiger charge is -2.02. The molecule has 0 saturated heterocycles. The molecule has 1 rings (SSSR count). The molecule has 0 bridgehead atoms. The highest BCUT2D eigenvalue weighted by molar-refractivity contribution is 5.13. The first kappa shape index (κ1) is 7.90. The number of nitro groups is 2. The van der Waals surface area contributed by atoms with Gasteiger partial charge in [-0.3, -0.25) is 20.2 Å². The van der Waals surface area contributed by atoms with Gasteiger partial charge in [0.2, 0.25) is 0 Å². The van der Waals surface area contributed by atoms with Crippen molar-refractivity contribution >= 4 is 0 Å². The van der Waals surface area contributed by atoms with Crippen molar-refractivity contribution in [1.82, 2.24) is 0 Å². The molecule has 0 N–H and O–H groups in total. The van der Waals surface area contributed by atoms with Gasteiger partial charge in [0.15, 0.2) is 0 Å². The number of hydrogen-bond acceptors (Lipinski definition) is 4. The fourth-order valence-corrected chi connectivity index (χ4v) is 1.15. The summed E-state index contributed by atoms with van der Waals surface area (Å²) in [5.41, 5.74) is -2.70. The average molecular weight is 160 g/mol. The minimum absolute atomic E-state index is 0.0278. The minimum atomic E-state index is -1.35. The Kier molecular flexibility index (Phi) is 1.21. The average Bonchev–Trinajstić information content (AvgIpc) is 2.39. The van der Waals surface area contributed by atoms with E-state index in [9.17, 15) is 20.2 Å². The molecule has 2 unspecified atom stereocenters. The zero-order valence-electron chi connectivity index (χ0n) is 6.23. The van der Waals surface area contributed by atoms with E-state index in [4.69, 9.17) is 0 Å². The molecule has 1 aliphatic rings. The zero-order valence-corrected chi connectivity index (χ0v) is 6.23. The first-order chi connectivity index (χ1) is 4.84. The monoisotopic (exact) mass is 160 g/mol. The van der Waals surface area contributed by atoms with Crippen molar-refractivity contribution < 1.29 is 9.85 Å². The molecule has 6 nitrogen and oxygen atoms in total. The van der Waals surface area contributed by atoms with Crippen LogP contribution in [0.5, 0.6) is 0 Å². The van der Waals surface area contributed by atoms with E-state index in [1.54, 1.807) is 0 Å². The summed E-state index contributed by atoms with van der Waals surface area (Å²) in [6.07, 6.45) is 0.0278. The lowest BCUT2D eigenvalue weighted by atomic mass is 10.2. The predicted molar refractivity (Wildman–Crippen MR) is 35.4 cm³/mol. The van der Waals surface area contributed by atoms with E-state index in [1.165, 1.54) is 13.8 Å². The first-order valence-electron chi connectivity index (χ1n) is 3.13. The van der Waals surface area contributed by atoms with Crippen molar-refractivity contribution in [2.75, 3.05) is 0 Å². The summed E-state index contributed by atoms with van der Waals surface area (Å²) in [6.45, 7) is 2.60. The maximum Gasteiger partial charge on any atom is 0.294 e. The predicted octanol–water partition coefficient (Wildman–Crippen LogP) is 0.461. The van der Waals surface area contributed by atoms with E-state index in [0.29, 0.717) is 0 Å². The molecule has 0 aromatic heterocycles. The van der Waals surface area contributed by atoms with Crippen LogP contribution in [-0.2, 0) is 0 Å². The zero-order chi connectivity index (χ0) is 8.86. The van der Waals surface area contributed by atoms with Crippen LogP contribution in [0.1, 0.15) is 20.3 Å². The van der Waals surface area contributed by atoms with Crippen molar-refractivity contribution in [3.05, 3.63) is 20.2 Å². The van der Waals surface area contributed by atoms with Crippen LogP contribution in [0.4, 0.5) is 0 Å². The van der Waals surface area contributed by atoms with E-state index >= 15 is 0 Å². The number of hydrogen-bond donors (Lipinski definition) is 0. The molecule has 62 valence electrons. The third kappa shape index (κ3) is 0.718. The van der Waals surface area contributed by atoms with Gasteiger partial charge in [0.05, 0.1) is 0 Å². The Balaban J connectivity index is 2.87. The van der Waals surface area contributed by atoms with Crippen LogP contribution in [0.2, 0.25) is 0 Å². The maximum atomic E-state index is 10.3. The molecule has 0 aromatic rings. The van der Waals surface area contributed by atoms with Crippen LogP contribution in [0.3, 0.4) is 0 Å². The molecule has 1 fully saturated rings. The van der Waals surface area contributed by atoms with E-state index in [-0.39, 0.29) is 6.42 Å². The Morgan fingerprint density at radius 3 is 1.45 bits per heavy atom. The van der Waals surface area contributed by atoms with Gasteiger partial charge in [0.1, 0.15) is 6.42 Å². The highest BCUT2D eigenvalue weighted by Gasteiger charge is 2.82. The van der Waals surface area contributed by atoms with Gasteiger partial charge in [-0.05, 0) is 0 Å². The van der Waals surface area contributed by atoms with Crippen LogP contribution in [0, 0.1) is 20.2 Å². The summed E-state index contributed by atoms with van der Waals surface area (Å²) >= 11 is 0. The van der Waals surface area contributed by atoms with Crippen molar-refractivity contribution in [1.29, 1.82) is 0 Å². The molecule has 2 atom stereocenters. The Morgan fingerprint density at radius 1 is 1.09 bits per heavy atom. The normalized spacial score (nSPS) is 41.6. The molecular formula is C5H8N2O4. The lowest BCUT2D eigenvalue weighted by Crippen LogP contribution is -2.34. The van der Waals surface area contributed by atoms with Gasteiger partial charge in [0, 0.05) is 23.7 Å². The molecule has 1 aliphatic carbocycles. The number of nitrogens with zero attached hydrogens (tertiary/aromatic N) is 2. The van der Waals surface area contributed by atoms with E-state index in [0.717, 1.165) is 0 Å². The lowest BCUT2D eigenvalue weighted by molar-refractivity contribution is -0.611. The fraction of sp³-hybridized carbons (Fsp3) is 1.00. The molecule has 0 aliphatic heterocycles. The summed E-state index contributed by atoms with van der Waals surface area (Å²) in [5.74, 6) is 0. The second-order valence-electron chi connectivity index (χ2n) is 3.24. The Morgan fingerprint density at radius 2 is 1.36 bits per heavy atom. The summed E-state index contributed by atoms with van der Waals surface area (Å²) in [7, 11) is 0. The van der Waals surface area contributed by atoms with Crippen LogP contribution < -0.4 is 0 Å². The second-order valence-corrected chi connectivity index (χ2v) is 3.24. The minimum Gasteiger partial charge on any atom is -0.264 e. The smallest absolute Gasteiger partial charge is 0.264 e. The number of rotatable bonds is 2. The SMILES string of the molecule is CC1([N+](=O)[O-])CC1(C)[N+](=O)[O-]. The topological polar surface area (TPSA) is 86.3 Å². The van der Waals surface area contributed by atoms with Gasteiger partial charge in [-0.1, -0.05) is 0 Å². The molecule has 0 heterocycles. The van der Waals surface area contributed by atoms with Crippen LogP contribution >= 0.6 is 0 Å². The highest BCUT2D eigenvalue weighted by atomic mass is 16.7. The van der Waals surface area contributed by atoms with Crippen molar-refractivity contribution in [2.45, 2.75) is 31.3 Å². The van der Waals surface area contributed by atoms with Gasteiger partial charge < -0.3 is 0 Å². The van der Waals surface area contributed by atoms with E-state index in [2.05, 4.69) is 0 Å². The molecule has 11 heavy (non-hydrogen) atoms. The Hall–Kier alpha value is -1.20. The van der Waals surface area contributed by atoms with Crippen LogP contribution in [0.15, 0.2) is 0 Å². The van der Waals surface area contributed by atoms with Gasteiger partial charge in [-0.25, -0.2) is 0 Å². The molecule has 0 spiro atoms. The third-order valence-electron chi connectivity index (χ3n) is 2.53. The summed E-state index contributed by atoms with van der Waals surface area (Å²) in [5, 5.41) is 20.6. The first-order valence-corrected chi connectivity index (χ1v) is 3.13. The fourth-order valence-electron chi connectivity index (χ4n) is 1.15. The molecule has 0 radical (unpaired) electrons. The largest absolute Gasteiger partial charge is 0.294 e. The van der Waals surface area contributed by atoms with Gasteiger partial charge in [-0.2, -0.15) is 0 Å². The summed E-state index contributed by atoms with van der Waals surface area (Å²) < 4.78 is 0. The van der Waals surface area contributed by atoms with Gasteiger partial charge in [0.25, 0.3) is 11.1 Å². The van der Waals surface area contributed by atoms with Crippen LogP contribution in [0.25, 0.3) is 0 Å². The summed E-state index contributed by atoms with van der Waals surface area (Å²) in [4.78, 5) is 19.5. The molecular weight excluding hydrogens is 152 g/mol. The van der Waals surface area contributed by atoms with Gasteiger partial charge >= 0.3 is 0 Å². The van der Waals surface area contributed by atoms with Crippen molar-refractivity contribution in [2.24, 2.45) is 0 Å². The highest BCUT2D eigenvalue weighted by Crippen LogP contribution is 2.51. The standard InChI is InChI=1S/C5H8N2O4/c1-4(6(8)9)3-5(4,2)7(10)11/h3H2,1-2H3. The van der Waals surface area contributed by atoms with Crippen LogP contribution in [-0.4, -0.2) is 20.9 Å². The summed E-state index contributed by atoms with van der Waals surface area (Å²) in [6, 6.07) is 0. The molecule has 0 amide bonds. The molecule has 0 aromatic carbocycles. The third-order valence-corrected chi connectivity index (χ3v) is 2.53. The maximum absolute atomic E-state index is 10.3. The van der Waals surface area contributed by atoms with Gasteiger partial charge in [-0.15, -0.1) is 0 Å². The van der Waals surface area contributed by atoms with E-state index < -0.39 is 20.9 Å². The Labute approximate surface area is 62.5 Å². The Bertz CT molecular complexity index is 217. The second kappa shape index (κ2) is 1.69. The van der Waals surface area contributed by atoms with Crippen molar-refractivity contribution in [3.63, 3.8) is 0 Å². The van der Waals surface area contributed by atoms with E-state index in [1.807, 2.05) is 0 Å². The van der Waals surface area contributed by atoms with Crippen molar-refractivity contribution in [3.8, 4) is 0 Å². The molecule has 6 heteroatoms.